The Kier molecular flexibility index (Phi) is 11.1. The Balaban J connectivity index is 3.35. The third kappa shape index (κ3) is 9.01. The molecule has 0 spiro atoms. The van der Waals surface area contributed by atoms with Crippen molar-refractivity contribution in [3.05, 3.63) is 0 Å². The lowest BCUT2D eigenvalue weighted by atomic mass is 10.2. The fraction of sp³-hybridized carbons (Fsp3) is 0.917. The molecule has 16 heavy (non-hydrogen) atoms. The summed E-state index contributed by atoms with van der Waals surface area (Å²) in [5.74, 6) is 0.838. The van der Waals surface area contributed by atoms with Crippen LogP contribution in [0, 0.1) is 0 Å². The third-order valence-electron chi connectivity index (χ3n) is 2.18. The number of rotatable bonds is 10. The quantitative estimate of drug-likeness (QED) is 0.438. The number of alkyl halides is 1. The summed E-state index contributed by atoms with van der Waals surface area (Å²) in [5.41, 5.74) is 0. The summed E-state index contributed by atoms with van der Waals surface area (Å²) in [6.07, 6.45) is 4.58. The highest BCUT2D eigenvalue weighted by Gasteiger charge is 2.13. The summed E-state index contributed by atoms with van der Waals surface area (Å²) in [6, 6.07) is 0. The van der Waals surface area contributed by atoms with E-state index >= 15 is 0 Å². The minimum absolute atomic E-state index is 0.0762. The molecule has 0 rings (SSSR count). The Morgan fingerprint density at radius 1 is 1.31 bits per heavy atom. The molecule has 1 unspecified atom stereocenters. The van der Waals surface area contributed by atoms with E-state index in [9.17, 15) is 9.18 Å². The standard InChI is InChI=1S/C12H23FO2S/c1-3-9-15-12(14)11(2)16-10-7-5-4-6-8-13/h11H,3-10H2,1-2H3. The van der Waals surface area contributed by atoms with Crippen molar-refractivity contribution in [2.45, 2.75) is 51.2 Å². The Morgan fingerprint density at radius 3 is 2.62 bits per heavy atom. The average Bonchev–Trinajstić information content (AvgIpc) is 2.30. The van der Waals surface area contributed by atoms with Gasteiger partial charge in [-0.2, -0.15) is 0 Å². The van der Waals surface area contributed by atoms with Crippen LogP contribution >= 0.6 is 11.8 Å². The van der Waals surface area contributed by atoms with Crippen molar-refractivity contribution in [3.8, 4) is 0 Å². The van der Waals surface area contributed by atoms with Crippen LogP contribution in [0.3, 0.4) is 0 Å². The zero-order valence-corrected chi connectivity index (χ0v) is 11.2. The Labute approximate surface area is 102 Å². The van der Waals surface area contributed by atoms with Crippen molar-refractivity contribution in [3.63, 3.8) is 0 Å². The second kappa shape index (κ2) is 11.2. The number of ether oxygens (including phenoxy) is 1. The van der Waals surface area contributed by atoms with Gasteiger partial charge < -0.3 is 4.74 Å². The molecule has 1 atom stereocenters. The summed E-state index contributed by atoms with van der Waals surface area (Å²) >= 11 is 1.62. The topological polar surface area (TPSA) is 26.3 Å². The summed E-state index contributed by atoms with van der Waals surface area (Å²) < 4.78 is 16.8. The van der Waals surface area contributed by atoms with Crippen LogP contribution in [0.5, 0.6) is 0 Å². The molecule has 2 nitrogen and oxygen atoms in total. The first-order valence-corrected chi connectivity index (χ1v) is 7.11. The molecule has 0 heterocycles. The number of hydrogen-bond acceptors (Lipinski definition) is 3. The van der Waals surface area contributed by atoms with E-state index in [4.69, 9.17) is 4.74 Å². The lowest BCUT2D eigenvalue weighted by Crippen LogP contribution is -2.17. The van der Waals surface area contributed by atoms with Crippen molar-refractivity contribution < 1.29 is 13.9 Å². The summed E-state index contributed by atoms with van der Waals surface area (Å²) in [5, 5.41) is -0.0762. The van der Waals surface area contributed by atoms with Gasteiger partial charge in [-0.3, -0.25) is 9.18 Å². The smallest absolute Gasteiger partial charge is 0.318 e. The average molecular weight is 250 g/mol. The number of hydrogen-bond donors (Lipinski definition) is 0. The van der Waals surface area contributed by atoms with E-state index in [-0.39, 0.29) is 17.9 Å². The SMILES string of the molecule is CCCOC(=O)C(C)SCCCCCCF. The Morgan fingerprint density at radius 2 is 2.00 bits per heavy atom. The zero-order valence-electron chi connectivity index (χ0n) is 10.3. The van der Waals surface area contributed by atoms with Gasteiger partial charge in [0.2, 0.25) is 0 Å². The lowest BCUT2D eigenvalue weighted by Gasteiger charge is -2.10. The van der Waals surface area contributed by atoms with Crippen molar-refractivity contribution in [2.24, 2.45) is 0 Å². The van der Waals surface area contributed by atoms with Gasteiger partial charge in [0.1, 0.15) is 0 Å². The molecule has 0 bridgehead atoms. The van der Waals surface area contributed by atoms with Crippen LogP contribution < -0.4 is 0 Å². The van der Waals surface area contributed by atoms with E-state index in [0.717, 1.165) is 31.4 Å². The minimum Gasteiger partial charge on any atom is -0.465 e. The molecule has 96 valence electrons. The van der Waals surface area contributed by atoms with E-state index in [0.29, 0.717) is 13.0 Å². The molecule has 0 saturated carbocycles. The van der Waals surface area contributed by atoms with Crippen molar-refractivity contribution in [1.82, 2.24) is 0 Å². The third-order valence-corrected chi connectivity index (χ3v) is 3.39. The normalized spacial score (nSPS) is 12.4. The molecule has 0 aromatic rings. The van der Waals surface area contributed by atoms with Crippen molar-refractivity contribution >= 4 is 17.7 Å². The zero-order chi connectivity index (χ0) is 12.2. The molecular formula is C12H23FO2S. The maximum absolute atomic E-state index is 11.8. The highest BCUT2D eigenvalue weighted by molar-refractivity contribution is 8.00. The van der Waals surface area contributed by atoms with E-state index in [1.807, 2.05) is 13.8 Å². The highest BCUT2D eigenvalue weighted by atomic mass is 32.2. The number of carbonyl (C=O) groups is 1. The molecule has 0 aliphatic carbocycles. The van der Waals surface area contributed by atoms with E-state index in [2.05, 4.69) is 0 Å². The monoisotopic (exact) mass is 250 g/mol. The van der Waals surface area contributed by atoms with Crippen LogP contribution in [0.4, 0.5) is 4.39 Å². The summed E-state index contributed by atoms with van der Waals surface area (Å²) in [7, 11) is 0. The first-order valence-electron chi connectivity index (χ1n) is 6.06. The van der Waals surface area contributed by atoms with Gasteiger partial charge in [-0.25, -0.2) is 0 Å². The molecule has 0 aromatic carbocycles. The number of unbranched alkanes of at least 4 members (excludes halogenated alkanes) is 3. The summed E-state index contributed by atoms with van der Waals surface area (Å²) in [4.78, 5) is 11.4. The van der Waals surface area contributed by atoms with E-state index in [1.54, 1.807) is 11.8 Å². The maximum atomic E-state index is 11.8. The number of thioether (sulfide) groups is 1. The van der Waals surface area contributed by atoms with Gasteiger partial charge in [0, 0.05) is 0 Å². The van der Waals surface area contributed by atoms with Crippen molar-refractivity contribution in [1.29, 1.82) is 0 Å². The largest absolute Gasteiger partial charge is 0.465 e. The fourth-order valence-corrected chi connectivity index (χ4v) is 2.13. The molecule has 0 aliphatic heterocycles. The van der Waals surface area contributed by atoms with E-state index in [1.165, 1.54) is 0 Å². The van der Waals surface area contributed by atoms with Gasteiger partial charge in [0.25, 0.3) is 0 Å². The first-order chi connectivity index (χ1) is 7.72. The number of esters is 1. The van der Waals surface area contributed by atoms with Crippen LogP contribution in [0.15, 0.2) is 0 Å². The number of halogens is 1. The van der Waals surface area contributed by atoms with Gasteiger partial charge in [0.15, 0.2) is 0 Å². The van der Waals surface area contributed by atoms with Gasteiger partial charge in [-0.05, 0) is 31.9 Å². The van der Waals surface area contributed by atoms with Crippen LogP contribution in [0.1, 0.15) is 46.0 Å². The fourth-order valence-electron chi connectivity index (χ4n) is 1.20. The molecule has 0 fully saturated rings. The molecule has 0 radical (unpaired) electrons. The predicted molar refractivity (Wildman–Crippen MR) is 67.6 cm³/mol. The summed E-state index contributed by atoms with van der Waals surface area (Å²) in [6.45, 7) is 4.16. The van der Waals surface area contributed by atoms with Gasteiger partial charge >= 0.3 is 5.97 Å². The Bertz CT molecular complexity index is 176. The molecule has 0 aliphatic rings. The van der Waals surface area contributed by atoms with Gasteiger partial charge in [0.05, 0.1) is 18.5 Å². The van der Waals surface area contributed by atoms with Crippen LogP contribution in [-0.2, 0) is 9.53 Å². The highest BCUT2D eigenvalue weighted by Crippen LogP contribution is 2.15. The Hall–Kier alpha value is -0.250. The minimum atomic E-state index is -0.215. The van der Waals surface area contributed by atoms with Crippen LogP contribution in [-0.4, -0.2) is 30.3 Å². The molecular weight excluding hydrogens is 227 g/mol. The molecule has 0 N–H and O–H groups in total. The van der Waals surface area contributed by atoms with Gasteiger partial charge in [-0.15, -0.1) is 11.8 Å². The molecule has 4 heteroatoms. The molecule has 0 amide bonds. The van der Waals surface area contributed by atoms with E-state index < -0.39 is 0 Å². The number of carbonyl (C=O) groups excluding carboxylic acids is 1. The maximum Gasteiger partial charge on any atom is 0.318 e. The van der Waals surface area contributed by atoms with Gasteiger partial charge in [-0.1, -0.05) is 19.8 Å². The van der Waals surface area contributed by atoms with Crippen LogP contribution in [0.2, 0.25) is 0 Å². The molecule has 0 aromatic heterocycles. The second-order valence-electron chi connectivity index (χ2n) is 3.78. The first kappa shape index (κ1) is 15.8. The molecule has 0 saturated heterocycles. The predicted octanol–water partition coefficient (Wildman–Crippen LogP) is 3.59. The second-order valence-corrected chi connectivity index (χ2v) is 5.23. The van der Waals surface area contributed by atoms with Crippen molar-refractivity contribution in [2.75, 3.05) is 19.0 Å². The van der Waals surface area contributed by atoms with Crippen LogP contribution in [0.25, 0.3) is 0 Å². The lowest BCUT2D eigenvalue weighted by molar-refractivity contribution is -0.142.